The lowest BCUT2D eigenvalue weighted by Gasteiger charge is -2.37. The minimum atomic E-state index is -3.71. The third-order valence-electron chi connectivity index (χ3n) is 4.66. The van der Waals surface area contributed by atoms with Crippen LogP contribution in [-0.2, 0) is 14.6 Å². The fraction of sp³-hybridized carbons (Fsp3) is 0.333. The molecule has 2 aromatic rings. The molecule has 3 rings (SSSR count). The lowest BCUT2D eigenvalue weighted by atomic mass is 9.83. The first-order valence-corrected chi connectivity index (χ1v) is 9.59. The van der Waals surface area contributed by atoms with Crippen molar-refractivity contribution in [1.82, 2.24) is 0 Å². The molecule has 0 atom stereocenters. The molecule has 0 unspecified atom stereocenters. The van der Waals surface area contributed by atoms with E-state index in [1.165, 1.54) is 18.2 Å². The first-order chi connectivity index (χ1) is 11.0. The van der Waals surface area contributed by atoms with E-state index in [2.05, 4.69) is 0 Å². The van der Waals surface area contributed by atoms with Crippen molar-refractivity contribution in [3.05, 3.63) is 64.9 Å². The van der Waals surface area contributed by atoms with Gasteiger partial charge in [-0.1, -0.05) is 49.1 Å². The molecule has 1 saturated carbocycles. The summed E-state index contributed by atoms with van der Waals surface area (Å²) in [5.74, 6) is -0.452. The molecular weight excluding hydrogens is 335 g/mol. The Hall–Kier alpha value is -1.39. The Labute approximate surface area is 141 Å². The lowest BCUT2D eigenvalue weighted by Crippen LogP contribution is -2.38. The molecule has 0 aromatic heterocycles. The van der Waals surface area contributed by atoms with Gasteiger partial charge < -0.3 is 0 Å². The van der Waals surface area contributed by atoms with Gasteiger partial charge in [-0.2, -0.15) is 0 Å². The van der Waals surface area contributed by atoms with Crippen LogP contribution >= 0.6 is 11.6 Å². The summed E-state index contributed by atoms with van der Waals surface area (Å²) in [5.41, 5.74) is 0.287. The number of halogens is 2. The minimum absolute atomic E-state index is 0.201. The largest absolute Gasteiger partial charge is 0.223 e. The van der Waals surface area contributed by atoms with Crippen LogP contribution in [0.15, 0.2) is 53.4 Å². The van der Waals surface area contributed by atoms with E-state index >= 15 is 0 Å². The average molecular weight is 353 g/mol. The van der Waals surface area contributed by atoms with Gasteiger partial charge in [-0.3, -0.25) is 0 Å². The van der Waals surface area contributed by atoms with E-state index in [4.69, 9.17) is 11.6 Å². The molecule has 1 aliphatic carbocycles. The quantitative estimate of drug-likeness (QED) is 0.769. The molecule has 0 bridgehead atoms. The maximum absolute atomic E-state index is 14.4. The molecule has 0 saturated heterocycles. The standard InChI is InChI=1S/C18H18ClFO2S/c19-14-8-10-15(11-9-14)23(21,22)18(12-4-1-5-13-18)16-6-2-3-7-17(16)20/h2-3,6-11H,1,4-5,12-13H2. The minimum Gasteiger partial charge on any atom is -0.223 e. The Balaban J connectivity index is 2.20. The molecule has 0 radical (unpaired) electrons. The van der Waals surface area contributed by atoms with E-state index in [1.54, 1.807) is 30.3 Å². The van der Waals surface area contributed by atoms with Gasteiger partial charge in [0.05, 0.1) is 4.90 Å². The Bertz CT molecular complexity index is 794. The highest BCUT2D eigenvalue weighted by Gasteiger charge is 2.48. The fourth-order valence-electron chi connectivity index (χ4n) is 3.48. The van der Waals surface area contributed by atoms with E-state index in [0.717, 1.165) is 19.3 Å². The average Bonchev–Trinajstić information content (AvgIpc) is 2.56. The second-order valence-corrected chi connectivity index (χ2v) is 8.69. The molecule has 23 heavy (non-hydrogen) atoms. The zero-order valence-corrected chi connectivity index (χ0v) is 14.2. The molecule has 1 aliphatic rings. The Morgan fingerprint density at radius 2 is 1.52 bits per heavy atom. The summed E-state index contributed by atoms with van der Waals surface area (Å²) in [6, 6.07) is 12.4. The summed E-state index contributed by atoms with van der Waals surface area (Å²) in [4.78, 5) is 0.201. The highest BCUT2D eigenvalue weighted by molar-refractivity contribution is 7.92. The number of sulfone groups is 1. The van der Waals surface area contributed by atoms with Gasteiger partial charge in [0, 0.05) is 10.6 Å². The van der Waals surface area contributed by atoms with Gasteiger partial charge in [0.15, 0.2) is 9.84 Å². The predicted molar refractivity (Wildman–Crippen MR) is 89.8 cm³/mol. The van der Waals surface area contributed by atoms with Crippen molar-refractivity contribution in [3.8, 4) is 0 Å². The van der Waals surface area contributed by atoms with E-state index < -0.39 is 20.4 Å². The molecule has 0 N–H and O–H groups in total. The number of benzene rings is 2. The van der Waals surface area contributed by atoms with Gasteiger partial charge in [-0.05, 0) is 43.2 Å². The molecular formula is C18H18ClFO2S. The zero-order valence-electron chi connectivity index (χ0n) is 12.6. The van der Waals surface area contributed by atoms with E-state index in [0.29, 0.717) is 17.9 Å². The van der Waals surface area contributed by atoms with Crippen LogP contribution in [0.5, 0.6) is 0 Å². The zero-order chi connectivity index (χ0) is 16.5. The number of hydrogen-bond donors (Lipinski definition) is 0. The van der Waals surface area contributed by atoms with Crippen molar-refractivity contribution in [2.24, 2.45) is 0 Å². The Morgan fingerprint density at radius 3 is 2.13 bits per heavy atom. The first-order valence-electron chi connectivity index (χ1n) is 7.73. The van der Waals surface area contributed by atoms with Crippen molar-refractivity contribution >= 4 is 21.4 Å². The van der Waals surface area contributed by atoms with Gasteiger partial charge in [0.1, 0.15) is 10.6 Å². The normalized spacial score (nSPS) is 17.8. The highest BCUT2D eigenvalue weighted by atomic mass is 35.5. The van der Waals surface area contributed by atoms with Crippen molar-refractivity contribution in [1.29, 1.82) is 0 Å². The highest BCUT2D eigenvalue weighted by Crippen LogP contribution is 2.47. The van der Waals surface area contributed by atoms with Crippen LogP contribution < -0.4 is 0 Å². The first kappa shape index (κ1) is 16.5. The molecule has 0 spiro atoms. The monoisotopic (exact) mass is 352 g/mol. The van der Waals surface area contributed by atoms with Crippen LogP contribution in [0, 0.1) is 5.82 Å². The fourth-order valence-corrected chi connectivity index (χ4v) is 5.83. The van der Waals surface area contributed by atoms with E-state index in [9.17, 15) is 12.8 Å². The summed E-state index contributed by atoms with van der Waals surface area (Å²) in [5, 5.41) is 0.479. The SMILES string of the molecule is O=S(=O)(c1ccc(Cl)cc1)C1(c2ccccc2F)CCCCC1. The summed E-state index contributed by atoms with van der Waals surface area (Å²) < 4.78 is 40.0. The Morgan fingerprint density at radius 1 is 0.913 bits per heavy atom. The second-order valence-electron chi connectivity index (χ2n) is 5.99. The van der Waals surface area contributed by atoms with Gasteiger partial charge in [0.25, 0.3) is 0 Å². The third kappa shape index (κ3) is 2.79. The smallest absolute Gasteiger partial charge is 0.188 e. The number of rotatable bonds is 3. The third-order valence-corrected chi connectivity index (χ3v) is 7.47. The molecule has 2 nitrogen and oxygen atoms in total. The van der Waals surface area contributed by atoms with Crippen molar-refractivity contribution in [2.45, 2.75) is 41.7 Å². The van der Waals surface area contributed by atoms with Gasteiger partial charge >= 0.3 is 0 Å². The van der Waals surface area contributed by atoms with Crippen LogP contribution in [0.1, 0.15) is 37.7 Å². The molecule has 0 heterocycles. The maximum Gasteiger partial charge on any atom is 0.188 e. The maximum atomic E-state index is 14.4. The second kappa shape index (κ2) is 6.25. The molecule has 1 fully saturated rings. The lowest BCUT2D eigenvalue weighted by molar-refractivity contribution is 0.369. The van der Waals surface area contributed by atoms with Gasteiger partial charge in [0.2, 0.25) is 0 Å². The van der Waals surface area contributed by atoms with E-state index in [-0.39, 0.29) is 10.5 Å². The van der Waals surface area contributed by atoms with Crippen LogP contribution in [0.4, 0.5) is 4.39 Å². The van der Waals surface area contributed by atoms with Crippen molar-refractivity contribution in [2.75, 3.05) is 0 Å². The van der Waals surface area contributed by atoms with Crippen molar-refractivity contribution in [3.63, 3.8) is 0 Å². The molecule has 0 aliphatic heterocycles. The van der Waals surface area contributed by atoms with Crippen LogP contribution in [0.2, 0.25) is 5.02 Å². The molecule has 2 aromatic carbocycles. The van der Waals surface area contributed by atoms with E-state index in [1.807, 2.05) is 0 Å². The molecule has 0 amide bonds. The van der Waals surface area contributed by atoms with Gasteiger partial charge in [-0.15, -0.1) is 0 Å². The predicted octanol–water partition coefficient (Wildman–Crippen LogP) is 5.11. The van der Waals surface area contributed by atoms with Crippen LogP contribution in [0.25, 0.3) is 0 Å². The number of hydrogen-bond acceptors (Lipinski definition) is 2. The van der Waals surface area contributed by atoms with Crippen molar-refractivity contribution < 1.29 is 12.8 Å². The van der Waals surface area contributed by atoms with Crippen LogP contribution in [-0.4, -0.2) is 8.42 Å². The topological polar surface area (TPSA) is 34.1 Å². The molecule has 122 valence electrons. The summed E-state index contributed by atoms with van der Waals surface area (Å²) in [6.45, 7) is 0. The molecule has 5 heteroatoms. The van der Waals surface area contributed by atoms with Gasteiger partial charge in [-0.25, -0.2) is 12.8 Å². The summed E-state index contributed by atoms with van der Waals surface area (Å²) >= 11 is 5.87. The Kier molecular flexibility index (Phi) is 4.47. The summed E-state index contributed by atoms with van der Waals surface area (Å²) in [7, 11) is -3.71. The summed E-state index contributed by atoms with van der Waals surface area (Å²) in [6.07, 6.45) is 3.42. The van der Waals surface area contributed by atoms with Crippen LogP contribution in [0.3, 0.4) is 0 Å².